The Kier molecular flexibility index (Phi) is 6.50. The molecule has 1 unspecified atom stereocenters. The molecule has 1 aliphatic heterocycles. The summed E-state index contributed by atoms with van der Waals surface area (Å²) in [5.74, 6) is 1.20. The fourth-order valence-electron chi connectivity index (χ4n) is 1.84. The van der Waals surface area contributed by atoms with Crippen molar-refractivity contribution in [3.8, 4) is 0 Å². The minimum absolute atomic E-state index is 0.263. The summed E-state index contributed by atoms with van der Waals surface area (Å²) in [6.07, 6.45) is 3.55. The molecule has 0 aromatic heterocycles. The van der Waals surface area contributed by atoms with Gasteiger partial charge in [0, 0.05) is 23.9 Å². The van der Waals surface area contributed by atoms with Crippen molar-refractivity contribution >= 4 is 16.9 Å². The maximum atomic E-state index is 4.70. The van der Waals surface area contributed by atoms with E-state index in [-0.39, 0.29) is 5.54 Å². The first-order valence-corrected chi connectivity index (χ1v) is 8.11. The number of hydrogen-bond acceptors (Lipinski definition) is 3. The normalized spacial score (nSPS) is 26.9. The number of thioether (sulfide) groups is 1. The van der Waals surface area contributed by atoms with E-state index in [9.17, 15) is 0 Å². The van der Waals surface area contributed by atoms with Crippen LogP contribution in [0.2, 0.25) is 0 Å². The largest absolute Gasteiger partial charge is 0.360 e. The van der Waals surface area contributed by atoms with Gasteiger partial charge < -0.3 is 10.2 Å². The van der Waals surface area contributed by atoms with Crippen molar-refractivity contribution in [2.45, 2.75) is 58.5 Å². The van der Waals surface area contributed by atoms with Crippen molar-refractivity contribution in [1.82, 2.24) is 10.2 Å². The van der Waals surface area contributed by atoms with Gasteiger partial charge in [-0.25, -0.2) is 0 Å². The lowest BCUT2D eigenvalue weighted by atomic mass is 9.96. The summed E-state index contributed by atoms with van der Waals surface area (Å²) in [5, 5.41) is 4.74. The summed E-state index contributed by atoms with van der Waals surface area (Å²) in [6.45, 7) is 11.1. The predicted molar refractivity (Wildman–Crippen MR) is 83.6 cm³/mol. The average molecular weight is 271 g/mol. The highest BCUT2D eigenvalue weighted by molar-refractivity contribution is 8.13. The van der Waals surface area contributed by atoms with Crippen molar-refractivity contribution in [2.75, 3.05) is 25.9 Å². The summed E-state index contributed by atoms with van der Waals surface area (Å²) in [5.41, 5.74) is 0.263. The van der Waals surface area contributed by atoms with Crippen LogP contribution in [0.25, 0.3) is 0 Å². The first-order chi connectivity index (χ1) is 8.47. The maximum Gasteiger partial charge on any atom is 0.156 e. The summed E-state index contributed by atoms with van der Waals surface area (Å²) < 4.78 is 0. The number of nitrogens with zero attached hydrogens (tertiary/aromatic N) is 2. The molecular formula is C14H29N3S. The van der Waals surface area contributed by atoms with E-state index in [1.165, 1.54) is 18.6 Å². The third-order valence-electron chi connectivity index (χ3n) is 3.89. The second-order valence-electron chi connectivity index (χ2n) is 5.75. The second kappa shape index (κ2) is 7.39. The van der Waals surface area contributed by atoms with Gasteiger partial charge in [0.05, 0.1) is 0 Å². The van der Waals surface area contributed by atoms with Crippen molar-refractivity contribution in [3.63, 3.8) is 0 Å². The van der Waals surface area contributed by atoms with E-state index in [4.69, 9.17) is 4.99 Å². The lowest BCUT2D eigenvalue weighted by Crippen LogP contribution is -2.48. The zero-order valence-electron chi connectivity index (χ0n) is 12.6. The van der Waals surface area contributed by atoms with Crippen LogP contribution in [0.5, 0.6) is 0 Å². The molecule has 0 aliphatic carbocycles. The van der Waals surface area contributed by atoms with Crippen molar-refractivity contribution in [3.05, 3.63) is 0 Å². The fourth-order valence-corrected chi connectivity index (χ4v) is 3.09. The van der Waals surface area contributed by atoms with E-state index in [0.717, 1.165) is 24.7 Å². The third kappa shape index (κ3) is 5.19. The Morgan fingerprint density at radius 2 is 2.22 bits per heavy atom. The Morgan fingerprint density at radius 3 is 2.83 bits per heavy atom. The molecule has 4 heteroatoms. The zero-order chi connectivity index (χ0) is 13.6. The average Bonchev–Trinajstić information content (AvgIpc) is 2.34. The highest BCUT2D eigenvalue weighted by Gasteiger charge is 2.27. The van der Waals surface area contributed by atoms with Crippen LogP contribution in [0, 0.1) is 0 Å². The van der Waals surface area contributed by atoms with Crippen LogP contribution < -0.4 is 5.32 Å². The lowest BCUT2D eigenvalue weighted by Gasteiger charge is -2.35. The van der Waals surface area contributed by atoms with Gasteiger partial charge in [0.15, 0.2) is 5.17 Å². The Bertz CT molecular complexity index is 278. The Morgan fingerprint density at radius 1 is 1.50 bits per heavy atom. The Labute approximate surface area is 117 Å². The molecule has 1 saturated heterocycles. The standard InChI is InChI=1S/C14H29N3S/c1-6-14(4)8-11-18-13(16-14)15-9-7-10-17(5)12(2)3/h12H,6-11H2,1-5H3,(H,15,16). The second-order valence-corrected chi connectivity index (χ2v) is 6.84. The Hall–Kier alpha value is -0.220. The first-order valence-electron chi connectivity index (χ1n) is 7.12. The number of rotatable bonds is 6. The van der Waals surface area contributed by atoms with Gasteiger partial charge in [0.2, 0.25) is 0 Å². The van der Waals surface area contributed by atoms with Crippen LogP contribution in [-0.4, -0.2) is 47.5 Å². The van der Waals surface area contributed by atoms with Crippen molar-refractivity contribution in [2.24, 2.45) is 4.99 Å². The quantitative estimate of drug-likeness (QED) is 0.753. The van der Waals surface area contributed by atoms with Crippen LogP contribution in [-0.2, 0) is 0 Å². The van der Waals surface area contributed by atoms with Crippen LogP contribution in [0.3, 0.4) is 0 Å². The van der Waals surface area contributed by atoms with E-state index in [0.29, 0.717) is 6.04 Å². The van der Waals surface area contributed by atoms with Gasteiger partial charge >= 0.3 is 0 Å². The van der Waals surface area contributed by atoms with Gasteiger partial charge in [-0.2, -0.15) is 0 Å². The molecule has 0 radical (unpaired) electrons. The zero-order valence-corrected chi connectivity index (χ0v) is 13.4. The van der Waals surface area contributed by atoms with Crippen molar-refractivity contribution < 1.29 is 0 Å². The first kappa shape index (κ1) is 15.8. The summed E-state index contributed by atoms with van der Waals surface area (Å²) >= 11 is 1.87. The van der Waals surface area contributed by atoms with Gasteiger partial charge in [-0.05, 0) is 53.6 Å². The summed E-state index contributed by atoms with van der Waals surface area (Å²) in [7, 11) is 2.18. The molecule has 1 rings (SSSR count). The molecular weight excluding hydrogens is 242 g/mol. The van der Waals surface area contributed by atoms with Crippen molar-refractivity contribution in [1.29, 1.82) is 0 Å². The van der Waals surface area contributed by atoms with Crippen LogP contribution in [0.1, 0.15) is 47.0 Å². The van der Waals surface area contributed by atoms with Gasteiger partial charge in [-0.15, -0.1) is 0 Å². The number of nitrogens with one attached hydrogen (secondary N) is 1. The number of amidine groups is 1. The minimum Gasteiger partial charge on any atom is -0.360 e. The highest BCUT2D eigenvalue weighted by atomic mass is 32.2. The Balaban J connectivity index is 2.30. The summed E-state index contributed by atoms with van der Waals surface area (Å²) in [6, 6.07) is 0.628. The molecule has 106 valence electrons. The van der Waals surface area contributed by atoms with Gasteiger partial charge in [-0.1, -0.05) is 18.7 Å². The van der Waals surface area contributed by atoms with Crippen LogP contribution in [0.4, 0.5) is 0 Å². The molecule has 0 spiro atoms. The summed E-state index contributed by atoms with van der Waals surface area (Å²) in [4.78, 5) is 7.07. The van der Waals surface area contributed by atoms with E-state index in [1.807, 2.05) is 11.8 Å². The molecule has 0 aromatic rings. The molecule has 0 bridgehead atoms. The molecule has 1 fully saturated rings. The SMILES string of the molecule is CCC1(C)CCSC(=NCCCN(C)C(C)C)N1. The maximum absolute atomic E-state index is 4.70. The smallest absolute Gasteiger partial charge is 0.156 e. The van der Waals surface area contributed by atoms with Crippen LogP contribution >= 0.6 is 11.8 Å². The lowest BCUT2D eigenvalue weighted by molar-refractivity contribution is 0.272. The van der Waals surface area contributed by atoms with E-state index in [2.05, 4.69) is 45.0 Å². The fraction of sp³-hybridized carbons (Fsp3) is 0.929. The molecule has 0 amide bonds. The van der Waals surface area contributed by atoms with E-state index < -0.39 is 0 Å². The monoisotopic (exact) mass is 271 g/mol. The topological polar surface area (TPSA) is 27.6 Å². The molecule has 1 heterocycles. The van der Waals surface area contributed by atoms with Crippen LogP contribution in [0.15, 0.2) is 4.99 Å². The number of hydrogen-bond donors (Lipinski definition) is 1. The highest BCUT2D eigenvalue weighted by Crippen LogP contribution is 2.24. The molecule has 3 nitrogen and oxygen atoms in total. The minimum atomic E-state index is 0.263. The van der Waals surface area contributed by atoms with Gasteiger partial charge in [0.1, 0.15) is 0 Å². The number of aliphatic imine (C=N–C) groups is 1. The third-order valence-corrected chi connectivity index (χ3v) is 4.80. The molecule has 0 aromatic carbocycles. The molecule has 1 atom stereocenters. The van der Waals surface area contributed by atoms with E-state index >= 15 is 0 Å². The predicted octanol–water partition coefficient (Wildman–Crippen LogP) is 2.97. The molecule has 1 N–H and O–H groups in total. The van der Waals surface area contributed by atoms with Gasteiger partial charge in [0.25, 0.3) is 0 Å². The molecule has 0 saturated carbocycles. The molecule has 1 aliphatic rings. The van der Waals surface area contributed by atoms with E-state index in [1.54, 1.807) is 0 Å². The van der Waals surface area contributed by atoms with Gasteiger partial charge in [-0.3, -0.25) is 4.99 Å². The molecule has 18 heavy (non-hydrogen) atoms.